The lowest BCUT2D eigenvalue weighted by Gasteiger charge is -1.92. The maximum absolute atomic E-state index is 10.3. The molecule has 0 saturated heterocycles. The van der Waals surface area contributed by atoms with Crippen LogP contribution in [0.5, 0.6) is 0 Å². The molecule has 0 radical (unpaired) electrons. The summed E-state index contributed by atoms with van der Waals surface area (Å²) in [4.78, 5) is 10.3. The zero-order valence-electron chi connectivity index (χ0n) is 7.31. The number of benzene rings is 1. The van der Waals surface area contributed by atoms with Crippen molar-refractivity contribution in [2.24, 2.45) is 0 Å². The molecule has 0 aliphatic heterocycles. The molecule has 2 rings (SSSR count). The first-order valence-corrected chi connectivity index (χ1v) is 5.02. The largest absolute Gasteiger partial charge is 0.478 e. The summed E-state index contributed by atoms with van der Waals surface area (Å²) in [6, 6.07) is 7.92. The molecule has 1 heterocycles. The second kappa shape index (κ2) is 3.64. The Hall–Kier alpha value is -1.61. The van der Waals surface area contributed by atoms with E-state index in [4.69, 9.17) is 5.11 Å². The monoisotopic (exact) mass is 204 g/mol. The minimum absolute atomic E-state index is 0.915. The van der Waals surface area contributed by atoms with Crippen LogP contribution in [0.1, 0.15) is 5.56 Å². The molecule has 0 saturated carbocycles. The van der Waals surface area contributed by atoms with Crippen LogP contribution in [-0.2, 0) is 4.79 Å². The molecule has 1 aromatic carbocycles. The van der Waals surface area contributed by atoms with E-state index in [1.165, 1.54) is 4.70 Å². The van der Waals surface area contributed by atoms with Crippen molar-refractivity contribution in [2.75, 3.05) is 0 Å². The van der Waals surface area contributed by atoms with E-state index in [9.17, 15) is 4.79 Å². The van der Waals surface area contributed by atoms with Crippen LogP contribution in [0, 0.1) is 0 Å². The van der Waals surface area contributed by atoms with Gasteiger partial charge in [0.1, 0.15) is 0 Å². The second-order valence-corrected chi connectivity index (χ2v) is 3.84. The molecule has 14 heavy (non-hydrogen) atoms. The number of rotatable bonds is 2. The van der Waals surface area contributed by atoms with E-state index in [1.54, 1.807) is 17.4 Å². The van der Waals surface area contributed by atoms with Gasteiger partial charge in [0.2, 0.25) is 0 Å². The van der Waals surface area contributed by atoms with Gasteiger partial charge >= 0.3 is 5.97 Å². The quantitative estimate of drug-likeness (QED) is 0.763. The van der Waals surface area contributed by atoms with Gasteiger partial charge in [0.05, 0.1) is 0 Å². The smallest absolute Gasteiger partial charge is 0.328 e. The maximum atomic E-state index is 10.3. The van der Waals surface area contributed by atoms with Crippen molar-refractivity contribution < 1.29 is 9.90 Å². The summed E-state index contributed by atoms with van der Waals surface area (Å²) in [5, 5.41) is 11.6. The number of carboxylic acids is 1. The van der Waals surface area contributed by atoms with Crippen molar-refractivity contribution in [3.63, 3.8) is 0 Å². The van der Waals surface area contributed by atoms with Gasteiger partial charge in [0.25, 0.3) is 0 Å². The fourth-order valence-electron chi connectivity index (χ4n) is 1.26. The SMILES string of the molecule is O=C(O)C=Cc1ccc2sccc2c1. The normalized spacial score (nSPS) is 11.1. The molecule has 0 unspecified atom stereocenters. The predicted octanol–water partition coefficient (Wildman–Crippen LogP) is 3.00. The van der Waals surface area contributed by atoms with E-state index >= 15 is 0 Å². The van der Waals surface area contributed by atoms with E-state index in [0.717, 1.165) is 17.0 Å². The predicted molar refractivity (Wildman–Crippen MR) is 58.5 cm³/mol. The molecule has 0 bridgehead atoms. The van der Waals surface area contributed by atoms with E-state index in [0.29, 0.717) is 0 Å². The molecule has 2 nitrogen and oxygen atoms in total. The molecule has 0 fully saturated rings. The number of carbonyl (C=O) groups is 1. The molecule has 70 valence electrons. The van der Waals surface area contributed by atoms with E-state index < -0.39 is 5.97 Å². The molecule has 2 aromatic rings. The van der Waals surface area contributed by atoms with Gasteiger partial charge in [-0.05, 0) is 40.6 Å². The Morgan fingerprint density at radius 3 is 3.00 bits per heavy atom. The molecular weight excluding hydrogens is 196 g/mol. The number of hydrogen-bond donors (Lipinski definition) is 1. The first-order valence-electron chi connectivity index (χ1n) is 4.14. The third-order valence-corrected chi connectivity index (χ3v) is 2.79. The number of aliphatic carboxylic acids is 1. The van der Waals surface area contributed by atoms with Gasteiger partial charge in [0.15, 0.2) is 0 Å². The minimum Gasteiger partial charge on any atom is -0.478 e. The fourth-order valence-corrected chi connectivity index (χ4v) is 2.03. The summed E-state index contributed by atoms with van der Waals surface area (Å²) in [5.74, 6) is -0.921. The highest BCUT2D eigenvalue weighted by molar-refractivity contribution is 7.17. The standard InChI is InChI=1S/C11H8O2S/c12-11(13)4-2-8-1-3-10-9(7-8)5-6-14-10/h1-7H,(H,12,13). The lowest BCUT2D eigenvalue weighted by Crippen LogP contribution is -1.85. The molecule has 0 atom stereocenters. The highest BCUT2D eigenvalue weighted by Gasteiger charge is 1.95. The van der Waals surface area contributed by atoms with Crippen molar-refractivity contribution in [3.8, 4) is 0 Å². The van der Waals surface area contributed by atoms with Gasteiger partial charge < -0.3 is 5.11 Å². The number of carboxylic acid groups (broad SMARTS) is 1. The van der Waals surface area contributed by atoms with Crippen LogP contribution in [0.25, 0.3) is 16.2 Å². The molecule has 1 aromatic heterocycles. The van der Waals surface area contributed by atoms with Gasteiger partial charge in [-0.1, -0.05) is 6.07 Å². The van der Waals surface area contributed by atoms with Gasteiger partial charge in [0, 0.05) is 10.8 Å². The highest BCUT2D eigenvalue weighted by Crippen LogP contribution is 2.22. The summed E-state index contributed by atoms with van der Waals surface area (Å²) >= 11 is 1.68. The molecule has 0 aliphatic carbocycles. The topological polar surface area (TPSA) is 37.3 Å². The summed E-state index contributed by atoms with van der Waals surface area (Å²) in [7, 11) is 0. The zero-order chi connectivity index (χ0) is 9.97. The van der Waals surface area contributed by atoms with E-state index in [-0.39, 0.29) is 0 Å². The van der Waals surface area contributed by atoms with Crippen LogP contribution < -0.4 is 0 Å². The third kappa shape index (κ3) is 1.83. The molecular formula is C11H8O2S. The Kier molecular flexibility index (Phi) is 2.33. The average Bonchev–Trinajstić information content (AvgIpc) is 2.61. The van der Waals surface area contributed by atoms with Crippen molar-refractivity contribution in [1.29, 1.82) is 0 Å². The summed E-state index contributed by atoms with van der Waals surface area (Å²) in [6.07, 6.45) is 2.74. The number of fused-ring (bicyclic) bond motifs is 1. The van der Waals surface area contributed by atoms with Crippen LogP contribution in [0.3, 0.4) is 0 Å². The fraction of sp³-hybridized carbons (Fsp3) is 0. The maximum Gasteiger partial charge on any atom is 0.328 e. The molecule has 0 spiro atoms. The lowest BCUT2D eigenvalue weighted by atomic mass is 10.1. The van der Waals surface area contributed by atoms with Crippen LogP contribution in [-0.4, -0.2) is 11.1 Å². The Labute approximate surface area is 85.1 Å². The Bertz CT molecular complexity index is 497. The zero-order valence-corrected chi connectivity index (χ0v) is 8.12. The third-order valence-electron chi connectivity index (χ3n) is 1.89. The van der Waals surface area contributed by atoms with Gasteiger partial charge in [-0.2, -0.15) is 0 Å². The average molecular weight is 204 g/mol. The van der Waals surface area contributed by atoms with Crippen LogP contribution in [0.4, 0.5) is 0 Å². The minimum atomic E-state index is -0.921. The highest BCUT2D eigenvalue weighted by atomic mass is 32.1. The summed E-state index contributed by atoms with van der Waals surface area (Å²) in [5.41, 5.74) is 0.915. The van der Waals surface area contributed by atoms with Crippen molar-refractivity contribution in [2.45, 2.75) is 0 Å². The number of thiophene rings is 1. The van der Waals surface area contributed by atoms with E-state index in [1.807, 2.05) is 29.6 Å². The van der Waals surface area contributed by atoms with Crippen molar-refractivity contribution >= 4 is 33.5 Å². The molecule has 0 aliphatic rings. The molecule has 1 N–H and O–H groups in total. The van der Waals surface area contributed by atoms with Gasteiger partial charge in [-0.15, -0.1) is 11.3 Å². The Morgan fingerprint density at radius 2 is 2.21 bits per heavy atom. The second-order valence-electron chi connectivity index (χ2n) is 2.89. The number of hydrogen-bond acceptors (Lipinski definition) is 2. The van der Waals surface area contributed by atoms with Crippen LogP contribution >= 0.6 is 11.3 Å². The van der Waals surface area contributed by atoms with E-state index in [2.05, 4.69) is 0 Å². The first kappa shape index (κ1) is 8.97. The van der Waals surface area contributed by atoms with Crippen LogP contribution in [0.2, 0.25) is 0 Å². The summed E-state index contributed by atoms with van der Waals surface area (Å²) < 4.78 is 1.22. The summed E-state index contributed by atoms with van der Waals surface area (Å²) in [6.45, 7) is 0. The Morgan fingerprint density at radius 1 is 1.36 bits per heavy atom. The van der Waals surface area contributed by atoms with Crippen molar-refractivity contribution in [3.05, 3.63) is 41.3 Å². The molecule has 0 amide bonds. The lowest BCUT2D eigenvalue weighted by molar-refractivity contribution is -0.131. The van der Waals surface area contributed by atoms with Gasteiger partial charge in [-0.25, -0.2) is 4.79 Å². The van der Waals surface area contributed by atoms with Crippen LogP contribution in [0.15, 0.2) is 35.7 Å². The van der Waals surface area contributed by atoms with Crippen molar-refractivity contribution in [1.82, 2.24) is 0 Å². The van der Waals surface area contributed by atoms with Gasteiger partial charge in [-0.3, -0.25) is 0 Å². The Balaban J connectivity index is 2.39. The molecule has 3 heteroatoms. The first-order chi connectivity index (χ1) is 6.75.